The van der Waals surface area contributed by atoms with Crippen molar-refractivity contribution in [2.24, 2.45) is 0 Å². The van der Waals surface area contributed by atoms with E-state index < -0.39 is 0 Å². The first-order chi connectivity index (χ1) is 8.13. The van der Waals surface area contributed by atoms with Crippen LogP contribution in [0.15, 0.2) is 21.9 Å². The molecule has 3 heterocycles. The van der Waals surface area contributed by atoms with Gasteiger partial charge in [-0.25, -0.2) is 4.98 Å². The van der Waals surface area contributed by atoms with Crippen LogP contribution in [-0.2, 0) is 6.54 Å². The summed E-state index contributed by atoms with van der Waals surface area (Å²) in [6, 6.07) is 1.42. The Morgan fingerprint density at radius 3 is 3.00 bits per heavy atom. The van der Waals surface area contributed by atoms with E-state index in [9.17, 15) is 9.59 Å². The Balaban J connectivity index is 2.56. The van der Waals surface area contributed by atoms with Crippen LogP contribution >= 0.6 is 15.9 Å². The third-order valence-corrected chi connectivity index (χ3v) is 3.74. The molecule has 2 aromatic rings. The van der Waals surface area contributed by atoms with Crippen LogP contribution < -0.4 is 16.6 Å². The molecule has 0 aromatic carbocycles. The molecule has 3 rings (SSSR count). The Kier molecular flexibility index (Phi) is 2.26. The molecule has 0 bridgehead atoms. The third-order valence-electron chi connectivity index (χ3n) is 2.99. The summed E-state index contributed by atoms with van der Waals surface area (Å²) in [5, 5.41) is 0.590. The lowest BCUT2D eigenvalue weighted by atomic mass is 9.98. The second-order valence-electron chi connectivity index (χ2n) is 4.00. The minimum Gasteiger partial charge on any atom is -0.289 e. The molecular weight excluding hydrogens is 285 g/mol. The fourth-order valence-corrected chi connectivity index (χ4v) is 2.71. The molecule has 0 saturated carbocycles. The smallest absolute Gasteiger partial charge is 0.270 e. The Bertz CT molecular complexity index is 737. The highest BCUT2D eigenvalue weighted by molar-refractivity contribution is 9.09. The van der Waals surface area contributed by atoms with E-state index in [1.165, 1.54) is 12.3 Å². The van der Waals surface area contributed by atoms with Crippen molar-refractivity contribution in [3.63, 3.8) is 0 Å². The minimum atomic E-state index is -0.263. The van der Waals surface area contributed by atoms with E-state index in [4.69, 9.17) is 7.85 Å². The zero-order valence-corrected chi connectivity index (χ0v) is 10.3. The van der Waals surface area contributed by atoms with Gasteiger partial charge in [-0.2, -0.15) is 0 Å². The highest BCUT2D eigenvalue weighted by Gasteiger charge is 2.26. The zero-order valence-electron chi connectivity index (χ0n) is 8.76. The molecule has 0 fully saturated rings. The van der Waals surface area contributed by atoms with E-state index in [1.807, 2.05) is 0 Å². The van der Waals surface area contributed by atoms with Gasteiger partial charge in [0.05, 0.1) is 12.2 Å². The lowest BCUT2D eigenvalue weighted by Crippen LogP contribution is -2.35. The van der Waals surface area contributed by atoms with Crippen LogP contribution in [0.5, 0.6) is 0 Å². The predicted octanol–water partition coefficient (Wildman–Crippen LogP) is -0.698. The maximum absolute atomic E-state index is 12.0. The molecular formula is C10H7BBrN3O2. The molecule has 0 saturated heterocycles. The summed E-state index contributed by atoms with van der Waals surface area (Å²) in [6.45, 7) is 0.474. The van der Waals surface area contributed by atoms with Crippen LogP contribution in [0.25, 0.3) is 11.2 Å². The van der Waals surface area contributed by atoms with Crippen molar-refractivity contribution >= 4 is 40.4 Å². The fraction of sp³-hybridized carbons (Fsp3) is 0.300. The van der Waals surface area contributed by atoms with Gasteiger partial charge in [0.1, 0.15) is 19.0 Å². The molecule has 7 heteroatoms. The highest BCUT2D eigenvalue weighted by Crippen LogP contribution is 2.22. The van der Waals surface area contributed by atoms with Crippen molar-refractivity contribution in [1.82, 2.24) is 14.1 Å². The predicted molar refractivity (Wildman–Crippen MR) is 68.5 cm³/mol. The Labute approximate surface area is 106 Å². The summed E-state index contributed by atoms with van der Waals surface area (Å²) < 4.78 is 3.11. The van der Waals surface area contributed by atoms with Gasteiger partial charge in [-0.1, -0.05) is 15.9 Å². The quantitative estimate of drug-likeness (QED) is 0.516. The summed E-state index contributed by atoms with van der Waals surface area (Å²) in [4.78, 5) is 27.7. The maximum atomic E-state index is 12.0. The van der Waals surface area contributed by atoms with Gasteiger partial charge in [0.15, 0.2) is 0 Å². The average molecular weight is 292 g/mol. The zero-order chi connectivity index (χ0) is 12.2. The highest BCUT2D eigenvalue weighted by atomic mass is 79.9. The summed E-state index contributed by atoms with van der Waals surface area (Å²) >= 11 is 3.35. The van der Waals surface area contributed by atoms with Gasteiger partial charge in [-0.05, 0) is 11.5 Å². The van der Waals surface area contributed by atoms with Crippen LogP contribution in [0.3, 0.4) is 0 Å². The monoisotopic (exact) mass is 291 g/mol. The van der Waals surface area contributed by atoms with Gasteiger partial charge in [0.2, 0.25) is 5.56 Å². The van der Waals surface area contributed by atoms with Crippen molar-refractivity contribution in [3.05, 3.63) is 33.0 Å². The van der Waals surface area contributed by atoms with Gasteiger partial charge >= 0.3 is 0 Å². The van der Waals surface area contributed by atoms with E-state index in [2.05, 4.69) is 20.9 Å². The van der Waals surface area contributed by atoms with Gasteiger partial charge in [0.25, 0.3) is 5.56 Å². The molecule has 1 aliphatic rings. The van der Waals surface area contributed by atoms with Crippen molar-refractivity contribution in [2.45, 2.75) is 12.6 Å². The minimum absolute atomic E-state index is 0.0922. The van der Waals surface area contributed by atoms with Crippen molar-refractivity contribution in [1.29, 1.82) is 0 Å². The molecule has 5 nitrogen and oxygen atoms in total. The molecule has 17 heavy (non-hydrogen) atoms. The van der Waals surface area contributed by atoms with E-state index in [0.717, 1.165) is 0 Å². The van der Waals surface area contributed by atoms with Crippen molar-refractivity contribution in [2.75, 3.05) is 5.33 Å². The molecule has 0 aliphatic carbocycles. The van der Waals surface area contributed by atoms with E-state index >= 15 is 0 Å². The van der Waals surface area contributed by atoms with Crippen LogP contribution in [0.2, 0.25) is 0 Å². The molecule has 0 spiro atoms. The number of halogens is 1. The first-order valence-electron chi connectivity index (χ1n) is 5.10. The van der Waals surface area contributed by atoms with Crippen LogP contribution in [0.1, 0.15) is 6.04 Å². The maximum Gasteiger partial charge on any atom is 0.270 e. The topological polar surface area (TPSA) is 56.9 Å². The molecule has 2 aromatic heterocycles. The summed E-state index contributed by atoms with van der Waals surface area (Å²) in [7, 11) is 5.66. The first kappa shape index (κ1) is 10.8. The average Bonchev–Trinajstić information content (AvgIpc) is 2.71. The molecule has 0 amide bonds. The Morgan fingerprint density at radius 2 is 2.29 bits per heavy atom. The second-order valence-corrected chi connectivity index (χ2v) is 4.65. The fourth-order valence-electron chi connectivity index (χ4n) is 2.22. The number of hydrogen-bond donors (Lipinski definition) is 0. The van der Waals surface area contributed by atoms with Crippen LogP contribution in [0, 0.1) is 0 Å². The lowest BCUT2D eigenvalue weighted by Gasteiger charge is -2.10. The van der Waals surface area contributed by atoms with Crippen molar-refractivity contribution < 1.29 is 0 Å². The third kappa shape index (κ3) is 1.35. The molecule has 0 N–H and O–H groups in total. The molecule has 1 atom stereocenters. The molecule has 1 aliphatic heterocycles. The number of alkyl halides is 1. The first-order valence-corrected chi connectivity index (χ1v) is 6.22. The standard InChI is InChI=1S/C10H7BBrN3O2/c11-6-1-7-9-14(8(16)3-13-7)4-5(2-12)15(9)10(6)17/h1,3,5H,2,4H2. The van der Waals surface area contributed by atoms with Crippen LogP contribution in [-0.4, -0.2) is 27.3 Å². The summed E-state index contributed by atoms with van der Waals surface area (Å²) in [6.07, 6.45) is 1.26. The normalized spacial score (nSPS) is 17.8. The SMILES string of the molecule is [B]c1cc2ncc(=O)n3c2n(c1=O)C(CBr)C3. The van der Waals surface area contributed by atoms with Crippen molar-refractivity contribution in [3.8, 4) is 0 Å². The summed E-state index contributed by atoms with van der Waals surface area (Å²) in [5.74, 6) is 0. The number of pyridine rings is 1. The number of hydrogen-bond acceptors (Lipinski definition) is 3. The Morgan fingerprint density at radius 1 is 1.53 bits per heavy atom. The number of rotatable bonds is 1. The van der Waals surface area contributed by atoms with Gasteiger partial charge < -0.3 is 0 Å². The molecule has 2 radical (unpaired) electrons. The number of nitrogens with zero attached hydrogens (tertiary/aromatic N) is 3. The van der Waals surface area contributed by atoms with Gasteiger partial charge in [-0.3, -0.25) is 18.7 Å². The van der Waals surface area contributed by atoms with Gasteiger partial charge in [-0.15, -0.1) is 0 Å². The van der Waals surface area contributed by atoms with Crippen LogP contribution in [0.4, 0.5) is 0 Å². The lowest BCUT2D eigenvalue weighted by molar-refractivity contribution is 0.539. The number of aromatic nitrogens is 3. The summed E-state index contributed by atoms with van der Waals surface area (Å²) in [5.41, 5.74) is 0.828. The van der Waals surface area contributed by atoms with E-state index in [1.54, 1.807) is 9.13 Å². The largest absolute Gasteiger partial charge is 0.289 e. The van der Waals surface area contributed by atoms with Gasteiger partial charge in [0, 0.05) is 11.9 Å². The molecule has 1 unspecified atom stereocenters. The molecule has 84 valence electrons. The Hall–Kier alpha value is -1.37. The second kappa shape index (κ2) is 3.56. The van der Waals surface area contributed by atoms with E-state index in [-0.39, 0.29) is 22.6 Å². The van der Waals surface area contributed by atoms with E-state index in [0.29, 0.717) is 23.0 Å².